The number of hydrogen-bond acceptors (Lipinski definition) is 5. The molecule has 1 saturated heterocycles. The first kappa shape index (κ1) is 25.1. The van der Waals surface area contributed by atoms with Crippen LogP contribution in [0.3, 0.4) is 0 Å². The lowest BCUT2D eigenvalue weighted by Gasteiger charge is -2.29. The lowest BCUT2D eigenvalue weighted by molar-refractivity contribution is -0.123. The molecule has 2 atom stereocenters. The molecule has 180 valence electrons. The summed E-state index contributed by atoms with van der Waals surface area (Å²) in [6.45, 7) is 5.12. The van der Waals surface area contributed by atoms with E-state index in [2.05, 4.69) is 29.3 Å². The fourth-order valence-electron chi connectivity index (χ4n) is 4.17. The Morgan fingerprint density at radius 1 is 1.06 bits per heavy atom. The van der Waals surface area contributed by atoms with E-state index >= 15 is 0 Å². The van der Waals surface area contributed by atoms with Crippen LogP contribution in [0.25, 0.3) is 0 Å². The first-order valence-electron chi connectivity index (χ1n) is 12.1. The number of aliphatic hydroxyl groups is 1. The number of likely N-dealkylation sites (tertiary alicyclic amines) is 1. The highest BCUT2D eigenvalue weighted by atomic mass is 16.5. The van der Waals surface area contributed by atoms with E-state index in [9.17, 15) is 9.90 Å². The minimum absolute atomic E-state index is 0.119. The minimum atomic E-state index is -0.753. The molecule has 0 bridgehead atoms. The Hall–Kier alpha value is -2.57. The fraction of sp³-hybridized carbons (Fsp3) is 0.519. The van der Waals surface area contributed by atoms with Gasteiger partial charge in [0.25, 0.3) is 0 Å². The van der Waals surface area contributed by atoms with Crippen molar-refractivity contribution in [3.05, 3.63) is 59.7 Å². The number of aliphatic hydroxyl groups excluding tert-OH is 1. The van der Waals surface area contributed by atoms with E-state index in [4.69, 9.17) is 9.47 Å². The van der Waals surface area contributed by atoms with Gasteiger partial charge in [0, 0.05) is 6.54 Å². The Kier molecular flexibility index (Phi) is 10.0. The average Bonchev–Trinajstić information content (AvgIpc) is 3.36. The van der Waals surface area contributed by atoms with Crippen LogP contribution in [0.5, 0.6) is 11.5 Å². The van der Waals surface area contributed by atoms with Crippen LogP contribution in [0, 0.1) is 0 Å². The molecule has 1 fully saturated rings. The predicted octanol–water partition coefficient (Wildman–Crippen LogP) is 4.12. The van der Waals surface area contributed by atoms with Crippen molar-refractivity contribution in [3.8, 4) is 11.5 Å². The molecule has 2 aromatic rings. The number of aryl methyl sites for hydroxylation is 1. The summed E-state index contributed by atoms with van der Waals surface area (Å²) in [4.78, 5) is 15.0. The zero-order chi connectivity index (χ0) is 23.5. The molecule has 6 heteroatoms. The molecule has 0 saturated carbocycles. The van der Waals surface area contributed by atoms with Gasteiger partial charge in [-0.3, -0.25) is 4.79 Å². The van der Waals surface area contributed by atoms with E-state index < -0.39 is 6.10 Å². The van der Waals surface area contributed by atoms with Crippen molar-refractivity contribution in [1.82, 2.24) is 10.2 Å². The molecule has 0 aromatic heterocycles. The summed E-state index contributed by atoms with van der Waals surface area (Å²) in [5.41, 5.74) is 2.12. The van der Waals surface area contributed by atoms with Crippen molar-refractivity contribution in [1.29, 1.82) is 0 Å². The third-order valence-electron chi connectivity index (χ3n) is 6.18. The molecule has 2 aromatic carbocycles. The summed E-state index contributed by atoms with van der Waals surface area (Å²) >= 11 is 0. The smallest absolute Gasteiger partial charge is 0.223 e. The number of ether oxygens (including phenoxy) is 2. The highest BCUT2D eigenvalue weighted by molar-refractivity contribution is 5.76. The number of unbranched alkanes of at least 4 members (excludes halogenated alkanes) is 1. The number of carbonyl (C=O) groups is 1. The van der Waals surface area contributed by atoms with E-state index in [-0.39, 0.29) is 25.0 Å². The number of amides is 1. The van der Waals surface area contributed by atoms with Crippen molar-refractivity contribution >= 4 is 5.91 Å². The van der Waals surface area contributed by atoms with Crippen molar-refractivity contribution in [3.63, 3.8) is 0 Å². The second-order valence-electron chi connectivity index (χ2n) is 8.75. The zero-order valence-electron chi connectivity index (χ0n) is 20.0. The average molecular weight is 455 g/mol. The number of hydrogen-bond donors (Lipinski definition) is 2. The van der Waals surface area contributed by atoms with Gasteiger partial charge in [-0.25, -0.2) is 0 Å². The summed E-state index contributed by atoms with van der Waals surface area (Å²) in [5.74, 6) is 1.34. The number of methoxy groups -OCH3 is 1. The highest BCUT2D eigenvalue weighted by Crippen LogP contribution is 2.21. The van der Waals surface area contributed by atoms with Crippen LogP contribution in [0.4, 0.5) is 0 Å². The van der Waals surface area contributed by atoms with E-state index in [0.717, 1.165) is 43.7 Å². The standard InChI is InChI=1S/C27H38N2O4/c1-3-4-7-21-8-10-22(11-9-21)27(31)25(20-29-17-5-6-18-29)28-26(30)16-19-33-24-14-12-23(32-2)13-15-24/h8-15,25,27,31H,3-7,16-20H2,1-2H3,(H,28,30)/t25-,27-/m1/s1. The Bertz CT molecular complexity index is 832. The van der Waals surface area contributed by atoms with E-state index in [1.165, 1.54) is 18.4 Å². The van der Waals surface area contributed by atoms with Crippen LogP contribution >= 0.6 is 0 Å². The summed E-state index contributed by atoms with van der Waals surface area (Å²) in [6.07, 6.45) is 5.18. The van der Waals surface area contributed by atoms with Crippen LogP contribution in [0.15, 0.2) is 48.5 Å². The molecule has 6 nitrogen and oxygen atoms in total. The van der Waals surface area contributed by atoms with Gasteiger partial charge in [-0.1, -0.05) is 37.6 Å². The highest BCUT2D eigenvalue weighted by Gasteiger charge is 2.26. The molecule has 33 heavy (non-hydrogen) atoms. The van der Waals surface area contributed by atoms with E-state index in [1.807, 2.05) is 36.4 Å². The maximum absolute atomic E-state index is 12.7. The van der Waals surface area contributed by atoms with Gasteiger partial charge in [-0.05, 0) is 74.2 Å². The van der Waals surface area contributed by atoms with E-state index in [0.29, 0.717) is 12.3 Å². The molecule has 3 rings (SSSR count). The van der Waals surface area contributed by atoms with Crippen LogP contribution in [-0.2, 0) is 11.2 Å². The van der Waals surface area contributed by atoms with Gasteiger partial charge in [0.15, 0.2) is 0 Å². The van der Waals surface area contributed by atoms with E-state index in [1.54, 1.807) is 7.11 Å². The second-order valence-corrected chi connectivity index (χ2v) is 8.75. The summed E-state index contributed by atoms with van der Waals surface area (Å²) < 4.78 is 10.8. The molecule has 2 N–H and O–H groups in total. The number of carbonyl (C=O) groups excluding carboxylic acids is 1. The topological polar surface area (TPSA) is 71.0 Å². The van der Waals surface area contributed by atoms with Crippen molar-refractivity contribution < 1.29 is 19.4 Å². The van der Waals surface area contributed by atoms with Gasteiger partial charge in [0.05, 0.1) is 26.2 Å². The van der Waals surface area contributed by atoms with Gasteiger partial charge in [-0.15, -0.1) is 0 Å². The number of rotatable bonds is 13. The van der Waals surface area contributed by atoms with Crippen molar-refractivity contribution in [2.24, 2.45) is 0 Å². The Balaban J connectivity index is 1.56. The lowest BCUT2D eigenvalue weighted by atomic mass is 9.98. The SMILES string of the molecule is CCCCc1ccc([C@@H](O)[C@@H](CN2CCCC2)NC(=O)CCOc2ccc(OC)cc2)cc1. The number of nitrogens with zero attached hydrogens (tertiary/aromatic N) is 1. The van der Waals surface area contributed by atoms with Crippen LogP contribution in [-0.4, -0.2) is 55.3 Å². The van der Waals surface area contributed by atoms with Crippen LogP contribution < -0.4 is 14.8 Å². The molecule has 0 aliphatic carbocycles. The van der Waals surface area contributed by atoms with Crippen molar-refractivity contribution in [2.45, 2.75) is 57.6 Å². The number of benzene rings is 2. The summed E-state index contributed by atoms with van der Waals surface area (Å²) in [6, 6.07) is 15.1. The quantitative estimate of drug-likeness (QED) is 0.476. The van der Waals surface area contributed by atoms with Crippen LogP contribution in [0.2, 0.25) is 0 Å². The normalized spacial score (nSPS) is 15.7. The third kappa shape index (κ3) is 8.06. The zero-order valence-corrected chi connectivity index (χ0v) is 20.0. The first-order chi connectivity index (χ1) is 16.1. The summed E-state index contributed by atoms with van der Waals surface area (Å²) in [7, 11) is 1.62. The monoisotopic (exact) mass is 454 g/mol. The Morgan fingerprint density at radius 2 is 1.73 bits per heavy atom. The predicted molar refractivity (Wildman–Crippen MR) is 131 cm³/mol. The van der Waals surface area contributed by atoms with Gasteiger partial charge >= 0.3 is 0 Å². The van der Waals surface area contributed by atoms with Crippen molar-refractivity contribution in [2.75, 3.05) is 33.4 Å². The Morgan fingerprint density at radius 3 is 2.36 bits per heavy atom. The molecule has 0 radical (unpaired) electrons. The molecule has 1 aliphatic heterocycles. The molecular formula is C27H38N2O4. The molecule has 0 unspecified atom stereocenters. The van der Waals surface area contributed by atoms with Gasteiger partial charge < -0.3 is 24.8 Å². The maximum Gasteiger partial charge on any atom is 0.223 e. The Labute approximate surface area is 197 Å². The van der Waals surface area contributed by atoms with Gasteiger partial charge in [0.1, 0.15) is 17.6 Å². The minimum Gasteiger partial charge on any atom is -0.497 e. The largest absolute Gasteiger partial charge is 0.497 e. The van der Waals surface area contributed by atoms with Gasteiger partial charge in [0.2, 0.25) is 5.91 Å². The molecular weight excluding hydrogens is 416 g/mol. The maximum atomic E-state index is 12.7. The third-order valence-corrected chi connectivity index (χ3v) is 6.18. The van der Waals surface area contributed by atoms with Gasteiger partial charge in [-0.2, -0.15) is 0 Å². The summed E-state index contributed by atoms with van der Waals surface area (Å²) in [5, 5.41) is 14.2. The first-order valence-corrected chi connectivity index (χ1v) is 12.1. The second kappa shape index (κ2) is 13.2. The molecule has 0 spiro atoms. The van der Waals surface area contributed by atoms with Crippen LogP contribution in [0.1, 0.15) is 56.3 Å². The number of nitrogens with one attached hydrogen (secondary N) is 1. The lowest BCUT2D eigenvalue weighted by Crippen LogP contribution is -2.47. The molecule has 1 aliphatic rings. The molecule has 1 heterocycles. The fourth-order valence-corrected chi connectivity index (χ4v) is 4.17. The molecule has 1 amide bonds.